The molecule has 0 unspecified atom stereocenters. The number of benzene rings is 3. The number of aryl methyl sites for hydroxylation is 1. The van der Waals surface area contributed by atoms with Gasteiger partial charge in [-0.25, -0.2) is 5.43 Å². The molecule has 0 aliphatic rings. The average molecular weight is 409 g/mol. The fourth-order valence-corrected chi connectivity index (χ4v) is 2.87. The molecular formula is C23H21ClN2O3. The zero-order valence-electron chi connectivity index (χ0n) is 16.2. The van der Waals surface area contributed by atoms with E-state index in [4.69, 9.17) is 21.1 Å². The van der Waals surface area contributed by atoms with Crippen molar-refractivity contribution in [2.24, 2.45) is 5.10 Å². The van der Waals surface area contributed by atoms with Crippen molar-refractivity contribution in [2.45, 2.75) is 13.5 Å². The molecular weight excluding hydrogens is 388 g/mol. The molecule has 3 aromatic carbocycles. The Morgan fingerprint density at radius 1 is 1.10 bits per heavy atom. The normalized spacial score (nSPS) is 10.7. The smallest absolute Gasteiger partial charge is 0.275 e. The number of halogens is 1. The van der Waals surface area contributed by atoms with Gasteiger partial charge in [0.25, 0.3) is 5.91 Å². The first-order valence-corrected chi connectivity index (χ1v) is 9.38. The fourth-order valence-electron chi connectivity index (χ4n) is 2.66. The van der Waals surface area contributed by atoms with Crippen molar-refractivity contribution >= 4 is 23.7 Å². The summed E-state index contributed by atoms with van der Waals surface area (Å²) in [5.74, 6) is 0.911. The largest absolute Gasteiger partial charge is 0.496 e. The first kappa shape index (κ1) is 20.4. The topological polar surface area (TPSA) is 59.9 Å². The molecule has 29 heavy (non-hydrogen) atoms. The number of carbonyl (C=O) groups excluding carboxylic acids is 1. The van der Waals surface area contributed by atoms with E-state index in [0.717, 1.165) is 22.4 Å². The standard InChI is InChI=1S/C23H21ClN2O3/c1-16-6-11-21(22(12-16)28-2)23(27)26-25-14-17-7-9-20(10-8-17)29-15-18-4-3-5-19(24)13-18/h3-14H,15H2,1-2H3,(H,26,27)/b25-14-. The Kier molecular flexibility index (Phi) is 6.87. The van der Waals surface area contributed by atoms with Crippen LogP contribution >= 0.6 is 11.6 Å². The van der Waals surface area contributed by atoms with Crippen LogP contribution in [0.25, 0.3) is 0 Å². The molecule has 5 nitrogen and oxygen atoms in total. The van der Waals surface area contributed by atoms with E-state index >= 15 is 0 Å². The van der Waals surface area contributed by atoms with Crippen molar-refractivity contribution in [3.05, 3.63) is 94.0 Å². The molecule has 0 saturated heterocycles. The maximum absolute atomic E-state index is 12.3. The number of rotatable bonds is 7. The van der Waals surface area contributed by atoms with Gasteiger partial charge in [0.05, 0.1) is 18.9 Å². The van der Waals surface area contributed by atoms with Gasteiger partial charge in [-0.3, -0.25) is 4.79 Å². The number of hydrogen-bond acceptors (Lipinski definition) is 4. The lowest BCUT2D eigenvalue weighted by molar-refractivity contribution is 0.0952. The Labute approximate surface area is 174 Å². The van der Waals surface area contributed by atoms with Crippen molar-refractivity contribution in [1.29, 1.82) is 0 Å². The maximum atomic E-state index is 12.3. The minimum Gasteiger partial charge on any atom is -0.496 e. The molecule has 3 aromatic rings. The zero-order valence-corrected chi connectivity index (χ0v) is 16.9. The van der Waals surface area contributed by atoms with Crippen molar-refractivity contribution in [2.75, 3.05) is 7.11 Å². The predicted octanol–water partition coefficient (Wildman–Crippen LogP) is 5.00. The van der Waals surface area contributed by atoms with Gasteiger partial charge in [-0.2, -0.15) is 5.10 Å². The first-order chi connectivity index (χ1) is 14.0. The summed E-state index contributed by atoms with van der Waals surface area (Å²) in [7, 11) is 1.53. The molecule has 148 valence electrons. The fraction of sp³-hybridized carbons (Fsp3) is 0.130. The summed E-state index contributed by atoms with van der Waals surface area (Å²) in [5, 5.41) is 4.70. The molecule has 6 heteroatoms. The second-order valence-corrected chi connectivity index (χ2v) is 6.83. The van der Waals surface area contributed by atoms with Gasteiger partial charge in [0, 0.05) is 5.02 Å². The summed E-state index contributed by atoms with van der Waals surface area (Å²) >= 11 is 5.97. The molecule has 0 saturated carbocycles. The van der Waals surface area contributed by atoms with Crippen LogP contribution in [0.3, 0.4) is 0 Å². The summed E-state index contributed by atoms with van der Waals surface area (Å²) < 4.78 is 11.0. The SMILES string of the molecule is COc1cc(C)ccc1C(=O)N/N=C\c1ccc(OCc2cccc(Cl)c2)cc1. The Bertz CT molecular complexity index is 1020. The van der Waals surface area contributed by atoms with Gasteiger partial charge < -0.3 is 9.47 Å². The van der Waals surface area contributed by atoms with E-state index < -0.39 is 0 Å². The summed E-state index contributed by atoms with van der Waals surface area (Å²) in [6.07, 6.45) is 1.57. The monoisotopic (exact) mass is 408 g/mol. The van der Waals surface area contributed by atoms with Gasteiger partial charge in [0.2, 0.25) is 0 Å². The number of hydrogen-bond donors (Lipinski definition) is 1. The van der Waals surface area contributed by atoms with Crippen molar-refractivity contribution < 1.29 is 14.3 Å². The number of amides is 1. The minimum atomic E-state index is -0.334. The molecule has 0 aromatic heterocycles. The van der Waals surface area contributed by atoms with E-state index in [1.165, 1.54) is 7.11 Å². The number of carbonyl (C=O) groups is 1. The van der Waals surface area contributed by atoms with E-state index in [1.807, 2.05) is 61.5 Å². The average Bonchev–Trinajstić information content (AvgIpc) is 2.73. The van der Waals surface area contributed by atoms with Gasteiger partial charge in [0.1, 0.15) is 18.1 Å². The number of nitrogens with one attached hydrogen (secondary N) is 1. The van der Waals surface area contributed by atoms with E-state index in [2.05, 4.69) is 10.5 Å². The lowest BCUT2D eigenvalue weighted by Gasteiger charge is -2.08. The van der Waals surface area contributed by atoms with Crippen LogP contribution in [0.4, 0.5) is 0 Å². The number of nitrogens with zero attached hydrogens (tertiary/aromatic N) is 1. The second kappa shape index (κ2) is 9.75. The highest BCUT2D eigenvalue weighted by Gasteiger charge is 2.11. The lowest BCUT2D eigenvalue weighted by atomic mass is 10.1. The highest BCUT2D eigenvalue weighted by atomic mass is 35.5. The van der Waals surface area contributed by atoms with Crippen LogP contribution in [0.5, 0.6) is 11.5 Å². The quantitative estimate of drug-likeness (QED) is 0.442. The Morgan fingerprint density at radius 3 is 2.62 bits per heavy atom. The Hall–Kier alpha value is -3.31. The lowest BCUT2D eigenvalue weighted by Crippen LogP contribution is -2.18. The van der Waals surface area contributed by atoms with Crippen LogP contribution in [-0.4, -0.2) is 19.2 Å². The highest BCUT2D eigenvalue weighted by molar-refractivity contribution is 6.30. The molecule has 0 spiro atoms. The molecule has 0 atom stereocenters. The Balaban J connectivity index is 1.55. The summed E-state index contributed by atoms with van der Waals surface area (Å²) in [6, 6.07) is 20.3. The predicted molar refractivity (Wildman–Crippen MR) is 115 cm³/mol. The van der Waals surface area contributed by atoms with Crippen LogP contribution in [0, 0.1) is 6.92 Å². The third-order valence-corrected chi connectivity index (χ3v) is 4.39. The summed E-state index contributed by atoms with van der Waals surface area (Å²) in [6.45, 7) is 2.37. The molecule has 0 radical (unpaired) electrons. The zero-order chi connectivity index (χ0) is 20.6. The maximum Gasteiger partial charge on any atom is 0.275 e. The minimum absolute atomic E-state index is 0.334. The van der Waals surface area contributed by atoms with Gasteiger partial charge in [-0.1, -0.05) is 29.8 Å². The molecule has 0 fully saturated rings. The molecule has 0 aliphatic carbocycles. The van der Waals surface area contributed by atoms with Crippen LogP contribution in [-0.2, 0) is 6.61 Å². The third kappa shape index (κ3) is 5.83. The molecule has 3 rings (SSSR count). The van der Waals surface area contributed by atoms with Crippen LogP contribution in [0.2, 0.25) is 5.02 Å². The van der Waals surface area contributed by atoms with Crippen LogP contribution in [0.15, 0.2) is 71.8 Å². The van der Waals surface area contributed by atoms with Gasteiger partial charge in [0.15, 0.2) is 0 Å². The Morgan fingerprint density at radius 2 is 1.90 bits per heavy atom. The van der Waals surface area contributed by atoms with E-state index in [-0.39, 0.29) is 5.91 Å². The van der Waals surface area contributed by atoms with E-state index in [9.17, 15) is 4.79 Å². The molecule has 1 amide bonds. The summed E-state index contributed by atoms with van der Waals surface area (Å²) in [4.78, 5) is 12.3. The molecule has 0 bridgehead atoms. The number of methoxy groups -OCH3 is 1. The van der Waals surface area contributed by atoms with Crippen LogP contribution in [0.1, 0.15) is 27.0 Å². The number of hydrazone groups is 1. The van der Waals surface area contributed by atoms with E-state index in [1.54, 1.807) is 18.3 Å². The van der Waals surface area contributed by atoms with E-state index in [0.29, 0.717) is 22.9 Å². The molecule has 0 aliphatic heterocycles. The van der Waals surface area contributed by atoms with Crippen molar-refractivity contribution in [3.63, 3.8) is 0 Å². The third-order valence-electron chi connectivity index (χ3n) is 4.16. The molecule has 0 heterocycles. The van der Waals surface area contributed by atoms with Crippen LogP contribution < -0.4 is 14.9 Å². The van der Waals surface area contributed by atoms with Gasteiger partial charge in [-0.05, 0) is 72.1 Å². The second-order valence-electron chi connectivity index (χ2n) is 6.39. The van der Waals surface area contributed by atoms with Gasteiger partial charge >= 0.3 is 0 Å². The van der Waals surface area contributed by atoms with Crippen molar-refractivity contribution in [3.8, 4) is 11.5 Å². The number of ether oxygens (including phenoxy) is 2. The first-order valence-electron chi connectivity index (χ1n) is 9.00. The molecule has 1 N–H and O–H groups in total. The van der Waals surface area contributed by atoms with Gasteiger partial charge in [-0.15, -0.1) is 0 Å². The van der Waals surface area contributed by atoms with Crippen molar-refractivity contribution in [1.82, 2.24) is 5.43 Å². The highest BCUT2D eigenvalue weighted by Crippen LogP contribution is 2.20. The summed E-state index contributed by atoms with van der Waals surface area (Å²) in [5.41, 5.74) is 5.79.